The molecular weight excluding hydrogens is 406 g/mol. The lowest BCUT2D eigenvalue weighted by atomic mass is 9.94. The SMILES string of the molecule is CCc1nc2n(n1)C(c1ccc3c(c1)OCCO3)C(C(=O)Nc1ccccc1C)=C(C)N2. The number of carbonyl (C=O) groups excluding carboxylic acids is 1. The summed E-state index contributed by atoms with van der Waals surface area (Å²) in [5.74, 6) is 2.51. The smallest absolute Gasteiger partial charge is 0.255 e. The summed E-state index contributed by atoms with van der Waals surface area (Å²) in [6, 6.07) is 13.0. The monoisotopic (exact) mass is 431 g/mol. The van der Waals surface area contributed by atoms with Crippen LogP contribution >= 0.6 is 0 Å². The highest BCUT2D eigenvalue weighted by molar-refractivity contribution is 6.06. The molecule has 3 aromatic rings. The van der Waals surface area contributed by atoms with Crippen LogP contribution in [0.4, 0.5) is 11.6 Å². The minimum Gasteiger partial charge on any atom is -0.486 e. The van der Waals surface area contributed by atoms with Crippen LogP contribution in [0.5, 0.6) is 11.5 Å². The Balaban J connectivity index is 1.60. The molecule has 0 radical (unpaired) electrons. The highest BCUT2D eigenvalue weighted by atomic mass is 16.6. The van der Waals surface area contributed by atoms with Crippen molar-refractivity contribution in [2.45, 2.75) is 33.2 Å². The summed E-state index contributed by atoms with van der Waals surface area (Å²) in [6.07, 6.45) is 0.694. The summed E-state index contributed by atoms with van der Waals surface area (Å²) in [7, 11) is 0. The van der Waals surface area contributed by atoms with E-state index in [-0.39, 0.29) is 5.91 Å². The summed E-state index contributed by atoms with van der Waals surface area (Å²) in [6.45, 7) is 6.88. The van der Waals surface area contributed by atoms with Crippen molar-refractivity contribution in [3.8, 4) is 11.5 Å². The first kappa shape index (κ1) is 20.1. The van der Waals surface area contributed by atoms with E-state index in [1.807, 2.05) is 63.2 Å². The molecule has 2 aliphatic heterocycles. The second-order valence-electron chi connectivity index (χ2n) is 7.89. The summed E-state index contributed by atoms with van der Waals surface area (Å²) < 4.78 is 13.3. The van der Waals surface area contributed by atoms with Gasteiger partial charge in [0.25, 0.3) is 5.91 Å². The molecule has 0 bridgehead atoms. The van der Waals surface area contributed by atoms with Gasteiger partial charge in [-0.1, -0.05) is 31.2 Å². The van der Waals surface area contributed by atoms with Gasteiger partial charge in [0, 0.05) is 17.8 Å². The molecule has 5 rings (SSSR count). The van der Waals surface area contributed by atoms with Gasteiger partial charge < -0.3 is 20.1 Å². The van der Waals surface area contributed by atoms with Gasteiger partial charge in [0.15, 0.2) is 17.3 Å². The fraction of sp³-hybridized carbons (Fsp3) is 0.292. The van der Waals surface area contributed by atoms with Gasteiger partial charge in [-0.15, -0.1) is 0 Å². The van der Waals surface area contributed by atoms with Crippen LogP contribution in [-0.4, -0.2) is 33.9 Å². The number of nitrogens with one attached hydrogen (secondary N) is 2. The zero-order chi connectivity index (χ0) is 22.2. The molecule has 8 heteroatoms. The van der Waals surface area contributed by atoms with Crippen molar-refractivity contribution in [2.75, 3.05) is 23.8 Å². The first-order valence-electron chi connectivity index (χ1n) is 10.7. The normalized spacial score (nSPS) is 16.9. The van der Waals surface area contributed by atoms with E-state index in [4.69, 9.17) is 9.47 Å². The van der Waals surface area contributed by atoms with Crippen molar-refractivity contribution in [2.24, 2.45) is 0 Å². The number of nitrogens with zero attached hydrogens (tertiary/aromatic N) is 3. The Kier molecular flexibility index (Phi) is 5.05. The number of amides is 1. The number of anilines is 2. The largest absolute Gasteiger partial charge is 0.486 e. The maximum Gasteiger partial charge on any atom is 0.255 e. The number of para-hydroxylation sites is 1. The zero-order valence-corrected chi connectivity index (χ0v) is 18.3. The molecule has 8 nitrogen and oxygen atoms in total. The van der Waals surface area contributed by atoms with Gasteiger partial charge in [-0.2, -0.15) is 10.1 Å². The molecule has 0 aliphatic carbocycles. The summed E-state index contributed by atoms with van der Waals surface area (Å²) >= 11 is 0. The Morgan fingerprint density at radius 2 is 1.94 bits per heavy atom. The molecular formula is C24H25N5O3. The second-order valence-corrected chi connectivity index (χ2v) is 7.89. The van der Waals surface area contributed by atoms with E-state index in [9.17, 15) is 4.79 Å². The Morgan fingerprint density at radius 3 is 2.72 bits per heavy atom. The maximum absolute atomic E-state index is 13.6. The molecule has 3 heterocycles. The van der Waals surface area contributed by atoms with E-state index in [1.165, 1.54) is 0 Å². The molecule has 0 saturated carbocycles. The Bertz CT molecular complexity index is 1230. The molecule has 2 aliphatic rings. The third kappa shape index (κ3) is 3.47. The lowest BCUT2D eigenvalue weighted by molar-refractivity contribution is -0.113. The zero-order valence-electron chi connectivity index (χ0n) is 18.3. The summed E-state index contributed by atoms with van der Waals surface area (Å²) in [4.78, 5) is 18.2. The Labute approximate surface area is 186 Å². The summed E-state index contributed by atoms with van der Waals surface area (Å²) in [5.41, 5.74) is 3.95. The molecule has 0 spiro atoms. The average molecular weight is 431 g/mol. The fourth-order valence-corrected chi connectivity index (χ4v) is 4.08. The second kappa shape index (κ2) is 8.03. The van der Waals surface area contributed by atoms with Gasteiger partial charge in [-0.05, 0) is 43.2 Å². The van der Waals surface area contributed by atoms with E-state index in [1.54, 1.807) is 4.68 Å². The minimum absolute atomic E-state index is 0.191. The lowest BCUT2D eigenvalue weighted by Gasteiger charge is -2.29. The van der Waals surface area contributed by atoms with Crippen molar-refractivity contribution in [3.63, 3.8) is 0 Å². The highest BCUT2D eigenvalue weighted by Gasteiger charge is 2.35. The molecule has 0 saturated heterocycles. The van der Waals surface area contributed by atoms with Crippen LogP contribution in [-0.2, 0) is 11.2 Å². The van der Waals surface area contributed by atoms with E-state index in [2.05, 4.69) is 20.7 Å². The van der Waals surface area contributed by atoms with Crippen molar-refractivity contribution in [3.05, 3.63) is 70.7 Å². The molecule has 1 amide bonds. The van der Waals surface area contributed by atoms with Crippen molar-refractivity contribution in [1.82, 2.24) is 14.8 Å². The Morgan fingerprint density at radius 1 is 1.16 bits per heavy atom. The van der Waals surface area contributed by atoms with Gasteiger partial charge in [0.05, 0.1) is 5.57 Å². The number of ether oxygens (including phenoxy) is 2. The van der Waals surface area contributed by atoms with Crippen LogP contribution in [0.1, 0.15) is 36.8 Å². The van der Waals surface area contributed by atoms with E-state index < -0.39 is 6.04 Å². The number of aryl methyl sites for hydroxylation is 2. The standard InChI is InChI=1S/C24H25N5O3/c1-4-20-27-24-25-15(3)21(23(30)26-17-8-6-5-7-14(17)2)22(29(24)28-20)16-9-10-18-19(13-16)32-12-11-31-18/h5-10,13,22H,4,11-12H2,1-3H3,(H,26,30)(H,25,27,28). The number of aromatic nitrogens is 3. The van der Waals surface area contributed by atoms with Crippen molar-refractivity contribution < 1.29 is 14.3 Å². The lowest BCUT2D eigenvalue weighted by Crippen LogP contribution is -2.31. The first-order valence-corrected chi connectivity index (χ1v) is 10.7. The number of carbonyl (C=O) groups is 1. The molecule has 2 N–H and O–H groups in total. The van der Waals surface area contributed by atoms with E-state index >= 15 is 0 Å². The third-order valence-corrected chi connectivity index (χ3v) is 5.73. The predicted octanol–water partition coefficient (Wildman–Crippen LogP) is 3.85. The number of rotatable bonds is 4. The molecule has 32 heavy (non-hydrogen) atoms. The molecule has 0 fully saturated rings. The fourth-order valence-electron chi connectivity index (χ4n) is 4.08. The number of allylic oxidation sites excluding steroid dienone is 1. The van der Waals surface area contributed by atoms with Crippen LogP contribution < -0.4 is 20.1 Å². The number of hydrogen-bond donors (Lipinski definition) is 2. The first-order chi connectivity index (χ1) is 15.5. The van der Waals surface area contributed by atoms with Gasteiger partial charge >= 0.3 is 0 Å². The van der Waals surface area contributed by atoms with Gasteiger partial charge in [0.1, 0.15) is 19.3 Å². The molecule has 2 aromatic carbocycles. The van der Waals surface area contributed by atoms with E-state index in [0.29, 0.717) is 48.5 Å². The third-order valence-electron chi connectivity index (χ3n) is 5.73. The average Bonchev–Trinajstić information content (AvgIpc) is 3.22. The molecule has 1 aromatic heterocycles. The van der Waals surface area contributed by atoms with Gasteiger partial charge in [-0.3, -0.25) is 4.79 Å². The van der Waals surface area contributed by atoms with Crippen LogP contribution in [0.15, 0.2) is 53.7 Å². The minimum atomic E-state index is -0.459. The van der Waals surface area contributed by atoms with Gasteiger partial charge in [-0.25, -0.2) is 4.68 Å². The highest BCUT2D eigenvalue weighted by Crippen LogP contribution is 2.40. The molecule has 164 valence electrons. The molecule has 1 unspecified atom stereocenters. The maximum atomic E-state index is 13.6. The van der Waals surface area contributed by atoms with E-state index in [0.717, 1.165) is 22.5 Å². The Hall–Kier alpha value is -3.81. The van der Waals surface area contributed by atoms with Crippen LogP contribution in [0.2, 0.25) is 0 Å². The summed E-state index contributed by atoms with van der Waals surface area (Å²) in [5, 5.41) is 11.0. The van der Waals surface area contributed by atoms with Gasteiger partial charge in [0.2, 0.25) is 5.95 Å². The predicted molar refractivity (Wildman–Crippen MR) is 121 cm³/mol. The van der Waals surface area contributed by atoms with Crippen LogP contribution in [0, 0.1) is 6.92 Å². The molecule has 1 atom stereocenters. The quantitative estimate of drug-likeness (QED) is 0.652. The van der Waals surface area contributed by atoms with Crippen LogP contribution in [0.25, 0.3) is 0 Å². The topological polar surface area (TPSA) is 90.3 Å². The number of benzene rings is 2. The van der Waals surface area contributed by atoms with Crippen LogP contribution in [0.3, 0.4) is 0 Å². The number of hydrogen-bond acceptors (Lipinski definition) is 6. The van der Waals surface area contributed by atoms with Crippen molar-refractivity contribution in [1.29, 1.82) is 0 Å². The van der Waals surface area contributed by atoms with Crippen molar-refractivity contribution >= 4 is 17.5 Å². The number of fused-ring (bicyclic) bond motifs is 2.